The van der Waals surface area contributed by atoms with Crippen LogP contribution in [0.15, 0.2) is 18.3 Å². The van der Waals surface area contributed by atoms with E-state index in [1.165, 1.54) is 25.3 Å². The molecule has 0 aliphatic rings. The molecule has 15 heavy (non-hydrogen) atoms. The molecule has 0 aliphatic heterocycles. The van der Waals surface area contributed by atoms with Crippen molar-refractivity contribution >= 4 is 5.78 Å². The van der Waals surface area contributed by atoms with E-state index >= 15 is 0 Å². The molecule has 1 rings (SSSR count). The molecule has 0 fully saturated rings. The van der Waals surface area contributed by atoms with Gasteiger partial charge in [-0.25, -0.2) is 0 Å². The first-order chi connectivity index (χ1) is 6.88. The number of halogens is 3. The molecule has 6 heteroatoms. The number of nitrogens with zero attached hydrogens (tertiary/aromatic N) is 1. The normalized spacial score (nSPS) is 11.5. The maximum absolute atomic E-state index is 11.6. The minimum absolute atomic E-state index is 0.123. The summed E-state index contributed by atoms with van der Waals surface area (Å²) in [4.78, 5) is 14.5. The third-order valence-corrected chi connectivity index (χ3v) is 1.61. The van der Waals surface area contributed by atoms with Crippen LogP contribution in [0, 0.1) is 0 Å². The van der Waals surface area contributed by atoms with Crippen LogP contribution in [-0.2, 0) is 11.3 Å². The van der Waals surface area contributed by atoms with Crippen LogP contribution >= 0.6 is 0 Å². The Morgan fingerprint density at radius 2 is 2.13 bits per heavy atom. The lowest BCUT2D eigenvalue weighted by molar-refractivity contribution is -0.330. The first-order valence-corrected chi connectivity index (χ1v) is 4.05. The second kappa shape index (κ2) is 4.39. The number of rotatable bonds is 3. The summed E-state index contributed by atoms with van der Waals surface area (Å²) in [7, 11) is 0. The number of Topliss-reactive ketones (excluding diaryl/α,β-unsaturated/α-hetero) is 1. The zero-order valence-electron chi connectivity index (χ0n) is 7.84. The molecule has 0 atom stereocenters. The van der Waals surface area contributed by atoms with Gasteiger partial charge in [0.05, 0.1) is 12.3 Å². The van der Waals surface area contributed by atoms with Crippen LogP contribution in [0.2, 0.25) is 0 Å². The highest BCUT2D eigenvalue weighted by Gasteiger charge is 2.29. The van der Waals surface area contributed by atoms with Crippen LogP contribution in [0.25, 0.3) is 0 Å². The van der Waals surface area contributed by atoms with E-state index in [1.807, 2.05) is 0 Å². The molecule has 1 aromatic rings. The molecule has 0 bridgehead atoms. The topological polar surface area (TPSA) is 39.2 Å². The van der Waals surface area contributed by atoms with Crippen molar-refractivity contribution in [3.05, 3.63) is 29.6 Å². The standard InChI is InChI=1S/C9H8F3NO2/c1-6(14)7-2-3-8(13-4-7)5-15-9(10,11)12/h2-4H,5H2,1H3. The van der Waals surface area contributed by atoms with Gasteiger partial charge in [0.25, 0.3) is 0 Å². The number of ketones is 1. The van der Waals surface area contributed by atoms with E-state index in [0.29, 0.717) is 5.56 Å². The summed E-state index contributed by atoms with van der Waals surface area (Å²) in [6.45, 7) is 0.699. The Morgan fingerprint density at radius 1 is 1.47 bits per heavy atom. The molecule has 0 spiro atoms. The zero-order valence-corrected chi connectivity index (χ0v) is 7.84. The Labute approximate surface area is 83.9 Å². The van der Waals surface area contributed by atoms with Crippen molar-refractivity contribution < 1.29 is 22.7 Å². The highest BCUT2D eigenvalue weighted by atomic mass is 19.4. The third kappa shape index (κ3) is 4.07. The molecule has 0 unspecified atom stereocenters. The van der Waals surface area contributed by atoms with Crippen molar-refractivity contribution in [1.29, 1.82) is 0 Å². The smallest absolute Gasteiger partial charge is 0.294 e. The lowest BCUT2D eigenvalue weighted by Gasteiger charge is -2.06. The van der Waals surface area contributed by atoms with E-state index in [-0.39, 0.29) is 11.5 Å². The number of alkyl halides is 3. The molecule has 82 valence electrons. The van der Waals surface area contributed by atoms with Gasteiger partial charge in [0.2, 0.25) is 0 Å². The molecule has 1 heterocycles. The Morgan fingerprint density at radius 3 is 2.53 bits per heavy atom. The molecule has 0 aromatic carbocycles. The molecule has 0 radical (unpaired) electrons. The minimum Gasteiger partial charge on any atom is -0.294 e. The van der Waals surface area contributed by atoms with Gasteiger partial charge in [0, 0.05) is 11.8 Å². The first-order valence-electron chi connectivity index (χ1n) is 4.05. The second-order valence-electron chi connectivity index (χ2n) is 2.83. The number of pyridine rings is 1. The number of carbonyl (C=O) groups excluding carboxylic acids is 1. The molecular weight excluding hydrogens is 211 g/mol. The molecule has 0 saturated carbocycles. The molecule has 1 aromatic heterocycles. The van der Waals surface area contributed by atoms with Gasteiger partial charge in [-0.1, -0.05) is 0 Å². The molecule has 0 aliphatic carbocycles. The summed E-state index contributed by atoms with van der Waals surface area (Å²) >= 11 is 0. The van der Waals surface area contributed by atoms with Crippen molar-refractivity contribution in [2.45, 2.75) is 19.9 Å². The predicted octanol–water partition coefficient (Wildman–Crippen LogP) is 2.32. The number of aromatic nitrogens is 1. The highest BCUT2D eigenvalue weighted by molar-refractivity contribution is 5.93. The van der Waals surface area contributed by atoms with E-state index in [2.05, 4.69) is 9.72 Å². The summed E-state index contributed by atoms with van der Waals surface area (Å²) in [5, 5.41) is 0. The Kier molecular flexibility index (Phi) is 3.41. The van der Waals surface area contributed by atoms with Gasteiger partial charge in [-0.05, 0) is 19.1 Å². The van der Waals surface area contributed by atoms with Crippen LogP contribution in [-0.4, -0.2) is 17.1 Å². The predicted molar refractivity (Wildman–Crippen MR) is 45.1 cm³/mol. The number of hydrogen-bond acceptors (Lipinski definition) is 3. The Balaban J connectivity index is 2.61. The maximum Gasteiger partial charge on any atom is 0.522 e. The van der Waals surface area contributed by atoms with Gasteiger partial charge in [-0.3, -0.25) is 14.5 Å². The SMILES string of the molecule is CC(=O)c1ccc(COC(F)(F)F)nc1. The fraction of sp³-hybridized carbons (Fsp3) is 0.333. The van der Waals surface area contributed by atoms with Gasteiger partial charge in [0.15, 0.2) is 5.78 Å². The fourth-order valence-corrected chi connectivity index (χ4v) is 0.874. The first kappa shape index (κ1) is 11.6. The molecule has 3 nitrogen and oxygen atoms in total. The van der Waals surface area contributed by atoms with Crippen LogP contribution < -0.4 is 0 Å². The molecule has 0 saturated heterocycles. The van der Waals surface area contributed by atoms with Gasteiger partial charge >= 0.3 is 6.36 Å². The van der Waals surface area contributed by atoms with Crippen LogP contribution in [0.3, 0.4) is 0 Å². The number of ether oxygens (including phenoxy) is 1. The largest absolute Gasteiger partial charge is 0.522 e. The van der Waals surface area contributed by atoms with Crippen LogP contribution in [0.1, 0.15) is 23.0 Å². The van der Waals surface area contributed by atoms with E-state index in [9.17, 15) is 18.0 Å². The Hall–Kier alpha value is -1.43. The van der Waals surface area contributed by atoms with Gasteiger partial charge in [-0.2, -0.15) is 0 Å². The number of carbonyl (C=O) groups is 1. The molecule has 0 amide bonds. The van der Waals surface area contributed by atoms with Gasteiger partial charge in [-0.15, -0.1) is 13.2 Å². The summed E-state index contributed by atoms with van der Waals surface area (Å²) in [5.41, 5.74) is 0.475. The van der Waals surface area contributed by atoms with Crippen molar-refractivity contribution in [2.24, 2.45) is 0 Å². The minimum atomic E-state index is -4.67. The number of hydrogen-bond donors (Lipinski definition) is 0. The Bertz CT molecular complexity index is 345. The van der Waals surface area contributed by atoms with Crippen LogP contribution in [0.5, 0.6) is 0 Å². The summed E-state index contributed by atoms with van der Waals surface area (Å²) in [5.74, 6) is -0.189. The van der Waals surface area contributed by atoms with Crippen molar-refractivity contribution in [1.82, 2.24) is 4.98 Å². The van der Waals surface area contributed by atoms with Crippen molar-refractivity contribution in [2.75, 3.05) is 0 Å². The van der Waals surface area contributed by atoms with Gasteiger partial charge < -0.3 is 0 Å². The van der Waals surface area contributed by atoms with E-state index < -0.39 is 13.0 Å². The zero-order chi connectivity index (χ0) is 11.5. The monoisotopic (exact) mass is 219 g/mol. The quantitative estimate of drug-likeness (QED) is 0.732. The third-order valence-electron chi connectivity index (χ3n) is 1.61. The maximum atomic E-state index is 11.6. The average molecular weight is 219 g/mol. The van der Waals surface area contributed by atoms with E-state index in [1.54, 1.807) is 0 Å². The van der Waals surface area contributed by atoms with Crippen molar-refractivity contribution in [3.63, 3.8) is 0 Å². The van der Waals surface area contributed by atoms with Crippen LogP contribution in [0.4, 0.5) is 13.2 Å². The van der Waals surface area contributed by atoms with E-state index in [4.69, 9.17) is 0 Å². The molecular formula is C9H8F3NO2. The summed E-state index contributed by atoms with van der Waals surface area (Å²) in [6.07, 6.45) is -3.45. The molecule has 0 N–H and O–H groups in total. The van der Waals surface area contributed by atoms with Gasteiger partial charge in [0.1, 0.15) is 0 Å². The average Bonchev–Trinajstić information content (AvgIpc) is 2.14. The fourth-order valence-electron chi connectivity index (χ4n) is 0.874. The summed E-state index contributed by atoms with van der Waals surface area (Å²) < 4.78 is 38.5. The van der Waals surface area contributed by atoms with Crippen molar-refractivity contribution in [3.8, 4) is 0 Å². The second-order valence-corrected chi connectivity index (χ2v) is 2.83. The van der Waals surface area contributed by atoms with E-state index in [0.717, 1.165) is 0 Å². The lowest BCUT2D eigenvalue weighted by Crippen LogP contribution is -2.13. The lowest BCUT2D eigenvalue weighted by atomic mass is 10.2. The summed E-state index contributed by atoms with van der Waals surface area (Å²) in [6, 6.07) is 2.73. The highest BCUT2D eigenvalue weighted by Crippen LogP contribution is 2.18.